The van der Waals surface area contributed by atoms with Crippen molar-refractivity contribution in [2.45, 2.75) is 40.0 Å². The summed E-state index contributed by atoms with van der Waals surface area (Å²) in [6, 6.07) is 3.29. The molecule has 0 aliphatic carbocycles. The molecule has 2 rings (SSSR count). The van der Waals surface area contributed by atoms with Gasteiger partial charge in [-0.1, -0.05) is 25.9 Å². The molecule has 0 aromatic carbocycles. The molecule has 0 bridgehead atoms. The molecule has 1 amide bonds. The fraction of sp³-hybridized carbons (Fsp3) is 0.400. The zero-order chi connectivity index (χ0) is 15.8. The van der Waals surface area contributed by atoms with Crippen LogP contribution in [0.25, 0.3) is 0 Å². The summed E-state index contributed by atoms with van der Waals surface area (Å²) in [4.78, 5) is 16.6. The van der Waals surface area contributed by atoms with Crippen molar-refractivity contribution in [2.24, 2.45) is 0 Å². The predicted octanol–water partition coefficient (Wildman–Crippen LogP) is 2.82. The van der Waals surface area contributed by atoms with Gasteiger partial charge < -0.3 is 10.3 Å². The summed E-state index contributed by atoms with van der Waals surface area (Å²) in [6.07, 6.45) is 0. The number of carbonyl (C=O) groups is 1. The van der Waals surface area contributed by atoms with E-state index in [-0.39, 0.29) is 11.3 Å². The molecule has 0 fully saturated rings. The highest BCUT2D eigenvalue weighted by molar-refractivity contribution is 6.04. The van der Waals surface area contributed by atoms with Crippen LogP contribution in [-0.4, -0.2) is 16.0 Å². The summed E-state index contributed by atoms with van der Waals surface area (Å²) in [5.74, 6) is 0.372. The third-order valence-electron chi connectivity index (χ3n) is 3.26. The average Bonchev–Trinajstić information content (AvgIpc) is 2.69. The Kier molecular flexibility index (Phi) is 3.72. The zero-order valence-electron chi connectivity index (χ0n) is 12.9. The molecule has 112 valence electrons. The van der Waals surface area contributed by atoms with Crippen molar-refractivity contribution in [3.8, 4) is 0 Å². The number of hydrogen-bond acceptors (Lipinski definition) is 5. The summed E-state index contributed by atoms with van der Waals surface area (Å²) >= 11 is 0. The Labute approximate surface area is 123 Å². The molecule has 0 spiro atoms. The summed E-state index contributed by atoms with van der Waals surface area (Å²) in [5, 5.41) is 6.51. The molecule has 6 heteroatoms. The molecule has 3 N–H and O–H groups in total. The fourth-order valence-electron chi connectivity index (χ4n) is 1.77. The standard InChI is InChI=1S/C15H20N4O2/c1-8-9(2)19-21-14(8)18-13(20)10-6-11(15(3,4)5)17-12(16)7-10/h6-7H,1-5H3,(H2,16,17)(H,18,20). The minimum atomic E-state index is -0.297. The van der Waals surface area contributed by atoms with Crippen molar-refractivity contribution in [1.82, 2.24) is 10.1 Å². The second kappa shape index (κ2) is 5.20. The van der Waals surface area contributed by atoms with Crippen molar-refractivity contribution in [3.05, 3.63) is 34.6 Å². The van der Waals surface area contributed by atoms with E-state index in [1.54, 1.807) is 12.1 Å². The van der Waals surface area contributed by atoms with Crippen LogP contribution in [0.2, 0.25) is 0 Å². The van der Waals surface area contributed by atoms with E-state index in [4.69, 9.17) is 10.3 Å². The van der Waals surface area contributed by atoms with Crippen molar-refractivity contribution in [3.63, 3.8) is 0 Å². The summed E-state index contributed by atoms with van der Waals surface area (Å²) in [6.45, 7) is 9.70. The molecular formula is C15H20N4O2. The van der Waals surface area contributed by atoms with Crippen LogP contribution in [-0.2, 0) is 5.41 Å². The molecule has 0 saturated carbocycles. The Bertz CT molecular complexity index is 683. The second-order valence-electron chi connectivity index (χ2n) is 6.09. The molecule has 0 saturated heterocycles. The van der Waals surface area contributed by atoms with Gasteiger partial charge in [0.05, 0.1) is 5.69 Å². The van der Waals surface area contributed by atoms with Crippen molar-refractivity contribution in [1.29, 1.82) is 0 Å². The lowest BCUT2D eigenvalue weighted by molar-refractivity contribution is 0.102. The first-order valence-corrected chi connectivity index (χ1v) is 6.71. The monoisotopic (exact) mass is 288 g/mol. The predicted molar refractivity (Wildman–Crippen MR) is 81.3 cm³/mol. The lowest BCUT2D eigenvalue weighted by atomic mass is 9.90. The lowest BCUT2D eigenvalue weighted by Crippen LogP contribution is -2.18. The molecule has 2 aromatic rings. The third-order valence-corrected chi connectivity index (χ3v) is 3.26. The van der Waals surface area contributed by atoms with E-state index < -0.39 is 0 Å². The topological polar surface area (TPSA) is 94.0 Å². The second-order valence-corrected chi connectivity index (χ2v) is 6.09. The van der Waals surface area contributed by atoms with E-state index >= 15 is 0 Å². The number of pyridine rings is 1. The van der Waals surface area contributed by atoms with Gasteiger partial charge in [0, 0.05) is 22.2 Å². The summed E-state index contributed by atoms with van der Waals surface area (Å²) < 4.78 is 5.09. The molecule has 0 radical (unpaired) electrons. The van der Waals surface area contributed by atoms with Crippen LogP contribution in [0.15, 0.2) is 16.7 Å². The van der Waals surface area contributed by atoms with Crippen molar-refractivity contribution in [2.75, 3.05) is 11.1 Å². The van der Waals surface area contributed by atoms with E-state index in [0.717, 1.165) is 17.0 Å². The molecular weight excluding hydrogens is 268 g/mol. The first-order valence-electron chi connectivity index (χ1n) is 6.71. The Morgan fingerprint density at radius 2 is 1.95 bits per heavy atom. The number of nitrogen functional groups attached to an aromatic ring is 1. The maximum absolute atomic E-state index is 12.3. The minimum absolute atomic E-state index is 0.191. The highest BCUT2D eigenvalue weighted by atomic mass is 16.5. The first-order chi connectivity index (χ1) is 9.68. The number of carbonyl (C=O) groups excluding carboxylic acids is 1. The lowest BCUT2D eigenvalue weighted by Gasteiger charge is -2.18. The molecule has 0 atom stereocenters. The number of nitrogens with two attached hydrogens (primary N) is 1. The molecule has 0 aliphatic heterocycles. The Morgan fingerprint density at radius 1 is 1.29 bits per heavy atom. The number of rotatable bonds is 2. The van der Waals surface area contributed by atoms with Crippen LogP contribution in [0.3, 0.4) is 0 Å². The summed E-state index contributed by atoms with van der Waals surface area (Å²) in [5.41, 5.74) is 8.36. The number of aryl methyl sites for hydroxylation is 1. The van der Waals surface area contributed by atoms with Gasteiger partial charge in [0.1, 0.15) is 5.82 Å². The Balaban J connectivity index is 2.31. The Morgan fingerprint density at radius 3 is 2.48 bits per heavy atom. The first kappa shape index (κ1) is 15.0. The SMILES string of the molecule is Cc1noc(NC(=O)c2cc(N)nc(C(C)(C)C)c2)c1C. The van der Waals surface area contributed by atoms with Crippen LogP contribution < -0.4 is 11.1 Å². The van der Waals surface area contributed by atoms with E-state index in [9.17, 15) is 4.79 Å². The van der Waals surface area contributed by atoms with Crippen LogP contribution in [0.5, 0.6) is 0 Å². The van der Waals surface area contributed by atoms with E-state index in [0.29, 0.717) is 17.3 Å². The van der Waals surface area contributed by atoms with Crippen molar-refractivity contribution < 1.29 is 9.32 Å². The maximum atomic E-state index is 12.3. The summed E-state index contributed by atoms with van der Waals surface area (Å²) in [7, 11) is 0. The number of amides is 1. The third kappa shape index (κ3) is 3.21. The van der Waals surface area contributed by atoms with Crippen LogP contribution >= 0.6 is 0 Å². The quantitative estimate of drug-likeness (QED) is 0.886. The average molecular weight is 288 g/mol. The van der Waals surface area contributed by atoms with Crippen LogP contribution in [0, 0.1) is 13.8 Å². The number of aromatic nitrogens is 2. The zero-order valence-corrected chi connectivity index (χ0v) is 12.9. The maximum Gasteiger partial charge on any atom is 0.258 e. The largest absolute Gasteiger partial charge is 0.384 e. The van der Waals surface area contributed by atoms with Gasteiger partial charge in [-0.2, -0.15) is 0 Å². The van der Waals surface area contributed by atoms with Crippen LogP contribution in [0.4, 0.5) is 11.7 Å². The Hall–Kier alpha value is -2.37. The molecule has 21 heavy (non-hydrogen) atoms. The number of hydrogen-bond donors (Lipinski definition) is 2. The van der Waals surface area contributed by atoms with E-state index in [2.05, 4.69) is 15.5 Å². The van der Waals surface area contributed by atoms with Crippen LogP contribution in [0.1, 0.15) is 48.1 Å². The van der Waals surface area contributed by atoms with Gasteiger partial charge in [-0.15, -0.1) is 0 Å². The molecule has 2 heterocycles. The minimum Gasteiger partial charge on any atom is -0.384 e. The van der Waals surface area contributed by atoms with Gasteiger partial charge in [-0.3, -0.25) is 10.1 Å². The molecule has 0 aliphatic rings. The van der Waals surface area contributed by atoms with Gasteiger partial charge in [0.2, 0.25) is 5.88 Å². The normalized spacial score (nSPS) is 11.5. The molecule has 6 nitrogen and oxygen atoms in total. The van der Waals surface area contributed by atoms with Crippen molar-refractivity contribution >= 4 is 17.6 Å². The number of nitrogens with zero attached hydrogens (tertiary/aromatic N) is 2. The number of nitrogens with one attached hydrogen (secondary N) is 1. The number of anilines is 2. The highest BCUT2D eigenvalue weighted by Crippen LogP contribution is 2.24. The van der Waals surface area contributed by atoms with Gasteiger partial charge >= 0.3 is 0 Å². The fourth-order valence-corrected chi connectivity index (χ4v) is 1.77. The van der Waals surface area contributed by atoms with Gasteiger partial charge in [-0.05, 0) is 26.0 Å². The highest BCUT2D eigenvalue weighted by Gasteiger charge is 2.20. The van der Waals surface area contributed by atoms with Gasteiger partial charge in [-0.25, -0.2) is 4.98 Å². The van der Waals surface area contributed by atoms with Gasteiger partial charge in [0.15, 0.2) is 0 Å². The molecule has 2 aromatic heterocycles. The van der Waals surface area contributed by atoms with E-state index in [1.165, 1.54) is 0 Å². The van der Waals surface area contributed by atoms with E-state index in [1.807, 2.05) is 34.6 Å². The molecule has 0 unspecified atom stereocenters. The van der Waals surface area contributed by atoms with Gasteiger partial charge in [0.25, 0.3) is 5.91 Å². The smallest absolute Gasteiger partial charge is 0.258 e.